The number of carbonyl (C=O) groups is 2. The monoisotopic (exact) mass is 340 g/mol. The second-order valence-electron chi connectivity index (χ2n) is 5.99. The maximum atomic E-state index is 11.2. The Labute approximate surface area is 148 Å². The molecular formula is C20H36O4. The summed E-state index contributed by atoms with van der Waals surface area (Å²) in [4.78, 5) is 22.3. The van der Waals surface area contributed by atoms with E-state index in [-0.39, 0.29) is 11.9 Å². The van der Waals surface area contributed by atoms with E-state index in [1.54, 1.807) is 0 Å². The zero-order valence-electron chi connectivity index (χ0n) is 15.7. The van der Waals surface area contributed by atoms with E-state index >= 15 is 0 Å². The number of rotatable bonds is 16. The average Bonchev–Trinajstić information content (AvgIpc) is 2.55. The lowest BCUT2D eigenvalue weighted by molar-refractivity contribution is -0.144. The van der Waals surface area contributed by atoms with Crippen molar-refractivity contribution in [1.29, 1.82) is 0 Å². The topological polar surface area (TPSA) is 52.6 Å². The van der Waals surface area contributed by atoms with Crippen molar-refractivity contribution in [2.45, 2.75) is 90.9 Å². The first-order valence-corrected chi connectivity index (χ1v) is 9.66. The highest BCUT2D eigenvalue weighted by molar-refractivity contribution is 5.69. The van der Waals surface area contributed by atoms with Gasteiger partial charge in [-0.05, 0) is 52.4 Å². The highest BCUT2D eigenvalue weighted by Gasteiger charge is 2.01. The molecule has 0 aromatic heterocycles. The summed E-state index contributed by atoms with van der Waals surface area (Å²) in [5.41, 5.74) is 0. The Balaban J connectivity index is 3.22. The maximum Gasteiger partial charge on any atom is 0.305 e. The third kappa shape index (κ3) is 17.0. The highest BCUT2D eigenvalue weighted by Crippen LogP contribution is 2.09. The molecule has 0 bridgehead atoms. The maximum absolute atomic E-state index is 11.2. The molecule has 0 spiro atoms. The van der Waals surface area contributed by atoms with Crippen LogP contribution in [0.4, 0.5) is 0 Å². The molecule has 0 N–H and O–H groups in total. The number of esters is 2. The first-order chi connectivity index (χ1) is 11.7. The minimum atomic E-state index is -0.0698. The summed E-state index contributed by atoms with van der Waals surface area (Å²) in [5, 5.41) is 0. The molecule has 0 fully saturated rings. The lowest BCUT2D eigenvalue weighted by atomic mass is 10.1. The van der Waals surface area contributed by atoms with Gasteiger partial charge in [-0.2, -0.15) is 0 Å². The Morgan fingerprint density at radius 2 is 1.00 bits per heavy atom. The molecule has 140 valence electrons. The molecule has 0 aliphatic carbocycles. The molecule has 0 saturated heterocycles. The van der Waals surface area contributed by atoms with E-state index in [2.05, 4.69) is 12.2 Å². The molecule has 4 heteroatoms. The van der Waals surface area contributed by atoms with Gasteiger partial charge in [-0.1, -0.05) is 37.8 Å². The molecule has 24 heavy (non-hydrogen) atoms. The van der Waals surface area contributed by atoms with E-state index in [0.29, 0.717) is 26.1 Å². The Morgan fingerprint density at radius 1 is 0.625 bits per heavy atom. The smallest absolute Gasteiger partial charge is 0.305 e. The van der Waals surface area contributed by atoms with Gasteiger partial charge in [0.05, 0.1) is 13.2 Å². The van der Waals surface area contributed by atoms with Crippen LogP contribution >= 0.6 is 0 Å². The van der Waals surface area contributed by atoms with Crippen molar-refractivity contribution in [2.75, 3.05) is 13.2 Å². The zero-order chi connectivity index (χ0) is 17.9. The minimum Gasteiger partial charge on any atom is -0.466 e. The molecule has 0 heterocycles. The predicted octanol–water partition coefficient (Wildman–Crippen LogP) is 5.35. The fraction of sp³-hybridized carbons (Fsp3) is 0.800. The summed E-state index contributed by atoms with van der Waals surface area (Å²) < 4.78 is 9.80. The van der Waals surface area contributed by atoms with E-state index in [1.807, 2.05) is 13.8 Å². The van der Waals surface area contributed by atoms with Crippen LogP contribution in [0.15, 0.2) is 12.2 Å². The van der Waals surface area contributed by atoms with Crippen molar-refractivity contribution in [3.63, 3.8) is 0 Å². The summed E-state index contributed by atoms with van der Waals surface area (Å²) in [6.07, 6.45) is 16.7. The van der Waals surface area contributed by atoms with Crippen molar-refractivity contribution in [3.05, 3.63) is 12.2 Å². The molecular weight excluding hydrogens is 304 g/mol. The SMILES string of the molecule is CCOC(=O)CCCCCC/C=C/CCCCCCC(=O)OCC. The van der Waals surface area contributed by atoms with Gasteiger partial charge in [0.15, 0.2) is 0 Å². The van der Waals surface area contributed by atoms with Crippen LogP contribution in [-0.4, -0.2) is 25.2 Å². The Kier molecular flexibility index (Phi) is 17.0. The van der Waals surface area contributed by atoms with Crippen LogP contribution in [0.3, 0.4) is 0 Å². The van der Waals surface area contributed by atoms with Crippen LogP contribution in [0.1, 0.15) is 90.9 Å². The molecule has 0 aromatic rings. The minimum absolute atomic E-state index is 0.0698. The first-order valence-electron chi connectivity index (χ1n) is 9.66. The lowest BCUT2D eigenvalue weighted by Crippen LogP contribution is -2.03. The van der Waals surface area contributed by atoms with Gasteiger partial charge in [0.25, 0.3) is 0 Å². The predicted molar refractivity (Wildman–Crippen MR) is 97.8 cm³/mol. The lowest BCUT2D eigenvalue weighted by Gasteiger charge is -2.01. The fourth-order valence-electron chi connectivity index (χ4n) is 2.47. The van der Waals surface area contributed by atoms with Gasteiger partial charge in [-0.15, -0.1) is 0 Å². The largest absolute Gasteiger partial charge is 0.466 e. The number of hydrogen-bond acceptors (Lipinski definition) is 4. The molecule has 0 rings (SSSR count). The standard InChI is InChI=1S/C20H36O4/c1-3-23-19(21)17-15-13-11-9-7-5-6-8-10-12-14-16-18-20(22)24-4-2/h5-6H,3-4,7-18H2,1-2H3/b6-5+. The molecule has 0 saturated carbocycles. The van der Waals surface area contributed by atoms with E-state index in [1.165, 1.54) is 25.7 Å². The van der Waals surface area contributed by atoms with Gasteiger partial charge < -0.3 is 9.47 Å². The third-order valence-electron chi connectivity index (χ3n) is 3.78. The van der Waals surface area contributed by atoms with Crippen molar-refractivity contribution in [3.8, 4) is 0 Å². The molecule has 0 unspecified atom stereocenters. The van der Waals surface area contributed by atoms with E-state index < -0.39 is 0 Å². The van der Waals surface area contributed by atoms with Gasteiger partial charge in [0, 0.05) is 12.8 Å². The molecule has 0 aliphatic rings. The van der Waals surface area contributed by atoms with Crippen LogP contribution in [0.25, 0.3) is 0 Å². The quantitative estimate of drug-likeness (QED) is 0.216. The molecule has 0 radical (unpaired) electrons. The van der Waals surface area contributed by atoms with E-state index in [9.17, 15) is 9.59 Å². The van der Waals surface area contributed by atoms with Gasteiger partial charge in [-0.25, -0.2) is 0 Å². The van der Waals surface area contributed by atoms with Gasteiger partial charge in [0.1, 0.15) is 0 Å². The van der Waals surface area contributed by atoms with Crippen molar-refractivity contribution in [1.82, 2.24) is 0 Å². The number of unbranched alkanes of at least 4 members (excludes halogenated alkanes) is 8. The Bertz CT molecular complexity index is 305. The summed E-state index contributed by atoms with van der Waals surface area (Å²) in [7, 11) is 0. The van der Waals surface area contributed by atoms with Crippen LogP contribution in [0.2, 0.25) is 0 Å². The summed E-state index contributed by atoms with van der Waals surface area (Å²) >= 11 is 0. The van der Waals surface area contributed by atoms with Crippen LogP contribution in [-0.2, 0) is 19.1 Å². The molecule has 0 aliphatic heterocycles. The molecule has 0 amide bonds. The average molecular weight is 341 g/mol. The highest BCUT2D eigenvalue weighted by atomic mass is 16.5. The summed E-state index contributed by atoms with van der Waals surface area (Å²) in [5.74, 6) is -0.140. The van der Waals surface area contributed by atoms with E-state index in [4.69, 9.17) is 9.47 Å². The molecule has 4 nitrogen and oxygen atoms in total. The second-order valence-corrected chi connectivity index (χ2v) is 5.99. The van der Waals surface area contributed by atoms with Gasteiger partial charge in [-0.3, -0.25) is 9.59 Å². The van der Waals surface area contributed by atoms with Crippen LogP contribution in [0.5, 0.6) is 0 Å². The van der Waals surface area contributed by atoms with Crippen molar-refractivity contribution in [2.24, 2.45) is 0 Å². The normalized spacial score (nSPS) is 10.9. The number of carbonyl (C=O) groups excluding carboxylic acids is 2. The Hall–Kier alpha value is -1.32. The Morgan fingerprint density at radius 3 is 1.38 bits per heavy atom. The van der Waals surface area contributed by atoms with Crippen molar-refractivity contribution < 1.29 is 19.1 Å². The second kappa shape index (κ2) is 18.0. The van der Waals surface area contributed by atoms with Gasteiger partial charge >= 0.3 is 11.9 Å². The third-order valence-corrected chi connectivity index (χ3v) is 3.78. The summed E-state index contributed by atoms with van der Waals surface area (Å²) in [6.45, 7) is 4.64. The van der Waals surface area contributed by atoms with Crippen LogP contribution in [0, 0.1) is 0 Å². The summed E-state index contributed by atoms with van der Waals surface area (Å²) in [6, 6.07) is 0. The molecule has 0 aromatic carbocycles. The number of hydrogen-bond donors (Lipinski definition) is 0. The molecule has 0 atom stereocenters. The zero-order valence-corrected chi connectivity index (χ0v) is 15.7. The first kappa shape index (κ1) is 22.7. The van der Waals surface area contributed by atoms with E-state index in [0.717, 1.165) is 38.5 Å². The fourth-order valence-corrected chi connectivity index (χ4v) is 2.47. The number of ether oxygens (including phenoxy) is 2. The van der Waals surface area contributed by atoms with Gasteiger partial charge in [0.2, 0.25) is 0 Å². The van der Waals surface area contributed by atoms with Crippen molar-refractivity contribution >= 4 is 11.9 Å². The number of allylic oxidation sites excluding steroid dienone is 2. The van der Waals surface area contributed by atoms with Crippen LogP contribution < -0.4 is 0 Å².